The molecule has 0 spiro atoms. The van der Waals surface area contributed by atoms with Gasteiger partial charge in [-0.1, -0.05) is 42.5 Å². The molecule has 2 aromatic rings. The van der Waals surface area contributed by atoms with Gasteiger partial charge < -0.3 is 10.1 Å². The number of benzene rings is 2. The van der Waals surface area contributed by atoms with Crippen LogP contribution in [0.5, 0.6) is 0 Å². The number of amides is 1. The summed E-state index contributed by atoms with van der Waals surface area (Å²) in [6, 6.07) is 14.5. The molecular formula is C21H23NO4. The van der Waals surface area contributed by atoms with Gasteiger partial charge in [0.05, 0.1) is 6.42 Å². The highest BCUT2D eigenvalue weighted by atomic mass is 16.5. The number of carbonyl (C=O) groups excluding carboxylic acids is 3. The second-order valence-electron chi connectivity index (χ2n) is 6.23. The lowest BCUT2D eigenvalue weighted by Crippen LogP contribution is -2.30. The molecule has 1 N–H and O–H groups in total. The number of Topliss-reactive ketones (excluding diaryl/α,β-unsaturated/α-hetero) is 1. The Hall–Kier alpha value is -2.95. The number of rotatable bonds is 7. The quantitative estimate of drug-likeness (QED) is 0.606. The van der Waals surface area contributed by atoms with E-state index in [1.807, 2.05) is 38.1 Å². The molecule has 0 heterocycles. The fourth-order valence-electron chi connectivity index (χ4n) is 2.40. The molecule has 0 unspecified atom stereocenters. The molecule has 0 aliphatic rings. The van der Waals surface area contributed by atoms with Crippen LogP contribution in [-0.2, 0) is 14.3 Å². The van der Waals surface area contributed by atoms with Crippen molar-refractivity contribution in [2.24, 2.45) is 0 Å². The molecule has 0 aliphatic carbocycles. The summed E-state index contributed by atoms with van der Waals surface area (Å²) in [4.78, 5) is 36.1. The first-order valence-electron chi connectivity index (χ1n) is 8.52. The first-order valence-corrected chi connectivity index (χ1v) is 8.52. The van der Waals surface area contributed by atoms with E-state index in [9.17, 15) is 14.4 Å². The molecule has 0 bridgehead atoms. The number of ketones is 1. The van der Waals surface area contributed by atoms with Gasteiger partial charge in [0.2, 0.25) is 0 Å². The van der Waals surface area contributed by atoms with E-state index in [0.717, 1.165) is 11.1 Å². The minimum atomic E-state index is -0.936. The highest BCUT2D eigenvalue weighted by Crippen LogP contribution is 2.17. The van der Waals surface area contributed by atoms with E-state index in [1.54, 1.807) is 24.3 Å². The Morgan fingerprint density at radius 2 is 1.69 bits per heavy atom. The van der Waals surface area contributed by atoms with Crippen molar-refractivity contribution >= 4 is 23.3 Å². The Kier molecular flexibility index (Phi) is 6.67. The van der Waals surface area contributed by atoms with Gasteiger partial charge in [-0.2, -0.15) is 0 Å². The van der Waals surface area contributed by atoms with Crippen LogP contribution in [0.2, 0.25) is 0 Å². The predicted octanol–water partition coefficient (Wildman–Crippen LogP) is 3.84. The van der Waals surface area contributed by atoms with Gasteiger partial charge in [-0.15, -0.1) is 0 Å². The Balaban J connectivity index is 1.83. The molecule has 0 radical (unpaired) electrons. The number of esters is 1. The molecule has 1 amide bonds. The minimum Gasteiger partial charge on any atom is -0.453 e. The third kappa shape index (κ3) is 5.55. The number of hydrogen-bond donors (Lipinski definition) is 1. The van der Waals surface area contributed by atoms with Crippen LogP contribution in [-0.4, -0.2) is 23.8 Å². The number of nitrogens with one attached hydrogen (secondary N) is 1. The third-order valence-corrected chi connectivity index (χ3v) is 3.98. The Morgan fingerprint density at radius 1 is 1.00 bits per heavy atom. The average molecular weight is 353 g/mol. The maximum Gasteiger partial charge on any atom is 0.307 e. The summed E-state index contributed by atoms with van der Waals surface area (Å²) < 4.78 is 5.14. The molecule has 0 aliphatic heterocycles. The first-order chi connectivity index (χ1) is 12.4. The summed E-state index contributed by atoms with van der Waals surface area (Å²) in [5.74, 6) is -1.10. The van der Waals surface area contributed by atoms with Crippen molar-refractivity contribution in [3.05, 3.63) is 65.2 Å². The van der Waals surface area contributed by atoms with Crippen molar-refractivity contribution in [1.82, 2.24) is 0 Å². The zero-order valence-corrected chi connectivity index (χ0v) is 15.2. The van der Waals surface area contributed by atoms with Crippen LogP contribution in [0.1, 0.15) is 41.3 Å². The number of hydrogen-bond acceptors (Lipinski definition) is 4. The fraction of sp³-hybridized carbons (Fsp3) is 0.286. The lowest BCUT2D eigenvalue weighted by atomic mass is 10.1. The fourth-order valence-corrected chi connectivity index (χ4v) is 2.40. The predicted molar refractivity (Wildman–Crippen MR) is 100 cm³/mol. The molecule has 5 nitrogen and oxygen atoms in total. The monoisotopic (exact) mass is 353 g/mol. The van der Waals surface area contributed by atoms with Gasteiger partial charge in [-0.3, -0.25) is 14.4 Å². The van der Waals surface area contributed by atoms with Crippen LogP contribution in [0.3, 0.4) is 0 Å². The van der Waals surface area contributed by atoms with Gasteiger partial charge in [0.1, 0.15) is 0 Å². The molecule has 1 atom stereocenters. The number of ether oxygens (including phenoxy) is 1. The third-order valence-electron chi connectivity index (χ3n) is 3.98. The van der Waals surface area contributed by atoms with E-state index < -0.39 is 18.0 Å². The van der Waals surface area contributed by atoms with E-state index in [1.165, 1.54) is 6.92 Å². The summed E-state index contributed by atoms with van der Waals surface area (Å²) in [7, 11) is 0. The lowest BCUT2D eigenvalue weighted by molar-refractivity contribution is -0.153. The summed E-state index contributed by atoms with van der Waals surface area (Å²) in [5, 5.41) is 2.76. The molecule has 136 valence electrons. The zero-order chi connectivity index (χ0) is 19.1. The lowest BCUT2D eigenvalue weighted by Gasteiger charge is -2.15. The second kappa shape index (κ2) is 8.94. The highest BCUT2D eigenvalue weighted by Gasteiger charge is 2.19. The molecule has 0 saturated heterocycles. The first kappa shape index (κ1) is 19.4. The standard InChI is InChI=1S/C21H23NO4/c1-14-9-10-15(2)18(13-14)22-21(25)16(3)26-20(24)12-11-19(23)17-7-5-4-6-8-17/h4-10,13,16H,11-12H2,1-3H3,(H,22,25)/t16-/m1/s1. The van der Waals surface area contributed by atoms with Gasteiger partial charge in [0, 0.05) is 17.7 Å². The molecule has 26 heavy (non-hydrogen) atoms. The maximum atomic E-state index is 12.2. The molecule has 5 heteroatoms. The van der Waals surface area contributed by atoms with Gasteiger partial charge in [-0.25, -0.2) is 0 Å². The Bertz CT molecular complexity index is 799. The van der Waals surface area contributed by atoms with Gasteiger partial charge >= 0.3 is 5.97 Å². The van der Waals surface area contributed by atoms with Crippen molar-refractivity contribution in [3.8, 4) is 0 Å². The average Bonchev–Trinajstić information content (AvgIpc) is 2.63. The van der Waals surface area contributed by atoms with Crippen LogP contribution in [0.4, 0.5) is 5.69 Å². The topological polar surface area (TPSA) is 72.5 Å². The van der Waals surface area contributed by atoms with Crippen molar-refractivity contribution in [2.75, 3.05) is 5.32 Å². The number of carbonyl (C=O) groups is 3. The largest absolute Gasteiger partial charge is 0.453 e. The molecule has 0 saturated carbocycles. The van der Waals surface area contributed by atoms with E-state index >= 15 is 0 Å². The van der Waals surface area contributed by atoms with Gasteiger partial charge in [0.25, 0.3) is 5.91 Å². The number of anilines is 1. The van der Waals surface area contributed by atoms with Gasteiger partial charge in [0.15, 0.2) is 11.9 Å². The molecular weight excluding hydrogens is 330 g/mol. The van der Waals surface area contributed by atoms with Gasteiger partial charge in [-0.05, 0) is 38.0 Å². The molecule has 0 fully saturated rings. The molecule has 2 rings (SSSR count). The minimum absolute atomic E-state index is 0.0498. The smallest absolute Gasteiger partial charge is 0.307 e. The summed E-state index contributed by atoms with van der Waals surface area (Å²) in [6.07, 6.45) is -0.947. The van der Waals surface area contributed by atoms with E-state index in [4.69, 9.17) is 4.74 Å². The zero-order valence-electron chi connectivity index (χ0n) is 15.2. The number of aryl methyl sites for hydroxylation is 2. The van der Waals surface area contributed by atoms with Crippen molar-refractivity contribution < 1.29 is 19.1 Å². The van der Waals surface area contributed by atoms with Crippen molar-refractivity contribution in [2.45, 2.75) is 39.7 Å². The highest BCUT2D eigenvalue weighted by molar-refractivity contribution is 5.98. The molecule has 2 aromatic carbocycles. The van der Waals surface area contributed by atoms with Crippen LogP contribution in [0, 0.1) is 13.8 Å². The second-order valence-corrected chi connectivity index (χ2v) is 6.23. The van der Waals surface area contributed by atoms with E-state index in [2.05, 4.69) is 5.32 Å². The van der Waals surface area contributed by atoms with E-state index in [0.29, 0.717) is 11.3 Å². The Labute approximate surface area is 153 Å². The van der Waals surface area contributed by atoms with Crippen LogP contribution in [0.25, 0.3) is 0 Å². The van der Waals surface area contributed by atoms with Crippen molar-refractivity contribution in [1.29, 1.82) is 0 Å². The van der Waals surface area contributed by atoms with E-state index in [-0.39, 0.29) is 18.6 Å². The normalized spacial score (nSPS) is 11.5. The Morgan fingerprint density at radius 3 is 2.38 bits per heavy atom. The summed E-state index contributed by atoms with van der Waals surface area (Å²) >= 11 is 0. The summed E-state index contributed by atoms with van der Waals surface area (Å²) in [5.41, 5.74) is 3.20. The molecule has 0 aromatic heterocycles. The van der Waals surface area contributed by atoms with Crippen LogP contribution in [0.15, 0.2) is 48.5 Å². The maximum absolute atomic E-state index is 12.2. The summed E-state index contributed by atoms with van der Waals surface area (Å²) in [6.45, 7) is 5.33. The SMILES string of the molecule is Cc1ccc(C)c(NC(=O)[C@@H](C)OC(=O)CCC(=O)c2ccccc2)c1. The van der Waals surface area contributed by atoms with Crippen LogP contribution >= 0.6 is 0 Å². The van der Waals surface area contributed by atoms with Crippen molar-refractivity contribution in [3.63, 3.8) is 0 Å². The van der Waals surface area contributed by atoms with Crippen LogP contribution < -0.4 is 5.32 Å².